The van der Waals surface area contributed by atoms with Gasteiger partial charge in [0.1, 0.15) is 0 Å². The molecule has 0 bridgehead atoms. The van der Waals surface area contributed by atoms with Crippen LogP contribution in [0.1, 0.15) is 23.2 Å². The molecule has 0 aliphatic carbocycles. The Morgan fingerprint density at radius 1 is 1.03 bits per heavy atom. The summed E-state index contributed by atoms with van der Waals surface area (Å²) < 4.78 is 53.0. The van der Waals surface area contributed by atoms with Crippen LogP contribution in [0.2, 0.25) is 5.02 Å². The van der Waals surface area contributed by atoms with E-state index in [4.69, 9.17) is 11.6 Å². The van der Waals surface area contributed by atoms with Gasteiger partial charge in [0, 0.05) is 19.6 Å². The Hall–Kier alpha value is -1.98. The summed E-state index contributed by atoms with van der Waals surface area (Å²) in [5, 5.41) is 2.93. The van der Waals surface area contributed by atoms with Gasteiger partial charge in [-0.25, -0.2) is 21.6 Å². The van der Waals surface area contributed by atoms with E-state index in [-0.39, 0.29) is 26.3 Å². The van der Waals surface area contributed by atoms with Gasteiger partial charge in [0.25, 0.3) is 5.91 Å². The number of carbonyl (C=O) groups excluding carboxylic acids is 1. The number of benzene rings is 2. The van der Waals surface area contributed by atoms with Crippen molar-refractivity contribution in [2.75, 3.05) is 26.7 Å². The van der Waals surface area contributed by atoms with E-state index >= 15 is 0 Å². The van der Waals surface area contributed by atoms with Crippen molar-refractivity contribution in [2.24, 2.45) is 5.92 Å². The van der Waals surface area contributed by atoms with E-state index in [2.05, 4.69) is 10.0 Å². The minimum Gasteiger partial charge on any atom is -0.352 e. The quantitative estimate of drug-likeness (QED) is 0.623. The Bertz CT molecular complexity index is 1150. The summed E-state index contributed by atoms with van der Waals surface area (Å²) in [5.41, 5.74) is 0.0714. The lowest BCUT2D eigenvalue weighted by atomic mass is 9.98. The Morgan fingerprint density at radius 3 is 2.29 bits per heavy atom. The molecule has 2 aromatic carbocycles. The van der Waals surface area contributed by atoms with Crippen LogP contribution in [0.15, 0.2) is 58.3 Å². The van der Waals surface area contributed by atoms with Crippen LogP contribution in [-0.2, 0) is 20.0 Å². The van der Waals surface area contributed by atoms with Crippen molar-refractivity contribution in [3.8, 4) is 0 Å². The highest BCUT2D eigenvalue weighted by atomic mass is 35.5. The van der Waals surface area contributed by atoms with Crippen LogP contribution in [0.4, 0.5) is 0 Å². The molecule has 3 rings (SSSR count). The van der Waals surface area contributed by atoms with Crippen molar-refractivity contribution in [1.29, 1.82) is 0 Å². The largest absolute Gasteiger partial charge is 0.352 e. The van der Waals surface area contributed by atoms with Gasteiger partial charge >= 0.3 is 0 Å². The SMILES string of the molecule is CNS(=O)(=O)c1ccc(Cl)c(C(=O)NCC2CCN(S(=O)(=O)c3ccccc3)CC2)c1. The Kier molecular flexibility index (Phi) is 7.38. The highest BCUT2D eigenvalue weighted by Crippen LogP contribution is 2.24. The number of hydrogen-bond donors (Lipinski definition) is 2. The average molecular weight is 486 g/mol. The van der Waals surface area contributed by atoms with E-state index in [0.29, 0.717) is 32.5 Å². The van der Waals surface area contributed by atoms with Crippen molar-refractivity contribution in [3.05, 3.63) is 59.1 Å². The normalized spacial score (nSPS) is 16.2. The number of nitrogens with zero attached hydrogens (tertiary/aromatic N) is 1. The van der Waals surface area contributed by atoms with Crippen molar-refractivity contribution in [2.45, 2.75) is 22.6 Å². The van der Waals surface area contributed by atoms with Gasteiger partial charge in [-0.15, -0.1) is 0 Å². The topological polar surface area (TPSA) is 113 Å². The third kappa shape index (κ3) is 5.45. The summed E-state index contributed by atoms with van der Waals surface area (Å²) in [7, 11) is -5.94. The molecule has 0 atom stereocenters. The Morgan fingerprint density at radius 2 is 1.68 bits per heavy atom. The van der Waals surface area contributed by atoms with Crippen molar-refractivity contribution in [3.63, 3.8) is 0 Å². The highest BCUT2D eigenvalue weighted by Gasteiger charge is 2.29. The van der Waals surface area contributed by atoms with Gasteiger partial charge in [0.2, 0.25) is 20.0 Å². The third-order valence-corrected chi connectivity index (χ3v) is 8.92. The zero-order valence-corrected chi connectivity index (χ0v) is 19.3. The number of amides is 1. The first-order valence-electron chi connectivity index (χ1n) is 9.71. The molecular weight excluding hydrogens is 462 g/mol. The predicted octanol–water partition coefficient (Wildman–Crippen LogP) is 2.08. The molecule has 0 radical (unpaired) electrons. The molecule has 2 N–H and O–H groups in total. The number of piperidine rings is 1. The van der Waals surface area contributed by atoms with Gasteiger partial charge in [-0.2, -0.15) is 4.31 Å². The van der Waals surface area contributed by atoms with Crippen LogP contribution < -0.4 is 10.0 Å². The first-order valence-corrected chi connectivity index (χ1v) is 13.0. The predicted molar refractivity (Wildman–Crippen MR) is 118 cm³/mol. The second kappa shape index (κ2) is 9.66. The summed E-state index contributed by atoms with van der Waals surface area (Å²) in [5.74, 6) is -0.369. The number of rotatable bonds is 7. The molecule has 0 unspecified atom stereocenters. The number of hydrogen-bond acceptors (Lipinski definition) is 5. The second-order valence-electron chi connectivity index (χ2n) is 7.22. The summed E-state index contributed by atoms with van der Waals surface area (Å²) in [6.07, 6.45) is 1.21. The third-order valence-electron chi connectivity index (χ3n) is 5.27. The van der Waals surface area contributed by atoms with E-state index in [1.165, 1.54) is 29.6 Å². The Balaban J connectivity index is 1.59. The molecule has 1 amide bonds. The number of carbonyl (C=O) groups is 1. The van der Waals surface area contributed by atoms with E-state index in [1.54, 1.807) is 30.3 Å². The zero-order chi connectivity index (χ0) is 22.6. The number of nitrogens with one attached hydrogen (secondary N) is 2. The van der Waals surface area contributed by atoms with E-state index in [9.17, 15) is 21.6 Å². The zero-order valence-electron chi connectivity index (χ0n) is 16.9. The molecule has 31 heavy (non-hydrogen) atoms. The van der Waals surface area contributed by atoms with Gasteiger partial charge < -0.3 is 5.32 Å². The monoisotopic (exact) mass is 485 g/mol. The summed E-state index contributed by atoms with van der Waals surface area (Å²) in [4.78, 5) is 12.8. The molecule has 168 valence electrons. The number of halogens is 1. The van der Waals surface area contributed by atoms with Crippen LogP contribution in [0.25, 0.3) is 0 Å². The van der Waals surface area contributed by atoms with Crippen LogP contribution in [-0.4, -0.2) is 53.7 Å². The molecule has 1 aliphatic heterocycles. The molecule has 1 heterocycles. The van der Waals surface area contributed by atoms with E-state index < -0.39 is 26.0 Å². The maximum atomic E-state index is 12.7. The Labute approximate surface area is 187 Å². The maximum Gasteiger partial charge on any atom is 0.252 e. The molecule has 1 aliphatic rings. The molecule has 0 saturated carbocycles. The standard InChI is InChI=1S/C20H24ClN3O5S2/c1-22-30(26,27)17-7-8-19(21)18(13-17)20(25)23-14-15-9-11-24(12-10-15)31(28,29)16-5-3-2-4-6-16/h2-8,13,15,22H,9-12,14H2,1H3,(H,23,25). The van der Waals surface area contributed by atoms with Crippen LogP contribution >= 0.6 is 11.6 Å². The van der Waals surface area contributed by atoms with Gasteiger partial charge in [0.05, 0.1) is 20.4 Å². The molecule has 0 aromatic heterocycles. The average Bonchev–Trinajstić information content (AvgIpc) is 2.78. The van der Waals surface area contributed by atoms with Crippen molar-refractivity contribution >= 4 is 37.6 Å². The molecular formula is C20H24ClN3O5S2. The molecule has 2 aromatic rings. The first-order chi connectivity index (χ1) is 14.6. The molecule has 0 spiro atoms. The van der Waals surface area contributed by atoms with Gasteiger partial charge in [-0.05, 0) is 56.1 Å². The molecule has 11 heteroatoms. The number of sulfonamides is 2. The lowest BCUT2D eigenvalue weighted by molar-refractivity contribution is 0.0941. The summed E-state index contributed by atoms with van der Waals surface area (Å²) in [6.45, 7) is 1.08. The summed E-state index contributed by atoms with van der Waals surface area (Å²) in [6, 6.07) is 12.2. The fraction of sp³-hybridized carbons (Fsp3) is 0.350. The fourth-order valence-electron chi connectivity index (χ4n) is 3.39. The minimum atomic E-state index is -3.70. The second-order valence-corrected chi connectivity index (χ2v) is 11.5. The van der Waals surface area contributed by atoms with Crippen LogP contribution in [0, 0.1) is 5.92 Å². The van der Waals surface area contributed by atoms with Crippen molar-refractivity contribution < 1.29 is 21.6 Å². The lowest BCUT2D eigenvalue weighted by Gasteiger charge is -2.31. The van der Waals surface area contributed by atoms with Gasteiger partial charge in [-0.3, -0.25) is 4.79 Å². The fourth-order valence-corrected chi connectivity index (χ4v) is 5.84. The van der Waals surface area contributed by atoms with Crippen molar-refractivity contribution in [1.82, 2.24) is 14.3 Å². The summed E-state index contributed by atoms with van der Waals surface area (Å²) >= 11 is 6.08. The first kappa shape index (κ1) is 23.7. The van der Waals surface area contributed by atoms with E-state index in [0.717, 1.165) is 0 Å². The van der Waals surface area contributed by atoms with Crippen LogP contribution in [0.5, 0.6) is 0 Å². The maximum absolute atomic E-state index is 12.7. The van der Waals surface area contributed by atoms with Gasteiger partial charge in [0.15, 0.2) is 0 Å². The van der Waals surface area contributed by atoms with E-state index in [1.807, 2.05) is 0 Å². The molecule has 8 nitrogen and oxygen atoms in total. The molecule has 1 fully saturated rings. The van der Waals surface area contributed by atoms with Gasteiger partial charge in [-0.1, -0.05) is 29.8 Å². The minimum absolute atomic E-state index is 0.0519. The lowest BCUT2D eigenvalue weighted by Crippen LogP contribution is -2.41. The molecule has 1 saturated heterocycles. The van der Waals surface area contributed by atoms with Crippen LogP contribution in [0.3, 0.4) is 0 Å². The smallest absolute Gasteiger partial charge is 0.252 e. The highest BCUT2D eigenvalue weighted by molar-refractivity contribution is 7.89.